The number of hydrogen-bond donors (Lipinski definition) is 0. The summed E-state index contributed by atoms with van der Waals surface area (Å²) in [4.78, 5) is 2.53. The minimum absolute atomic E-state index is 0.701. The van der Waals surface area contributed by atoms with Crippen LogP contribution in [-0.2, 0) is 0 Å². The van der Waals surface area contributed by atoms with E-state index in [4.69, 9.17) is 0 Å². The third-order valence-electron chi connectivity index (χ3n) is 4.10. The highest BCUT2D eigenvalue weighted by molar-refractivity contribution is 5.19. The maximum Gasteiger partial charge on any atom is 0.00472 e. The first-order chi connectivity index (χ1) is 10.8. The first kappa shape index (κ1) is 21.2. The van der Waals surface area contributed by atoms with E-state index in [9.17, 15) is 0 Å². The lowest BCUT2D eigenvalue weighted by Crippen LogP contribution is -2.26. The first-order valence-electron chi connectivity index (χ1n) is 9.51. The zero-order chi connectivity index (χ0) is 16.6. The van der Waals surface area contributed by atoms with Crippen molar-refractivity contribution >= 4 is 0 Å². The number of hydrogen-bond acceptors (Lipinski definition) is 1. The summed E-state index contributed by atoms with van der Waals surface area (Å²) in [5, 5.41) is 0. The molecule has 0 saturated heterocycles. The van der Waals surface area contributed by atoms with Gasteiger partial charge in [-0.2, -0.15) is 0 Å². The van der Waals surface area contributed by atoms with E-state index in [0.717, 1.165) is 0 Å². The third kappa shape index (κ3) is 10.00. The fourth-order valence-corrected chi connectivity index (χ4v) is 2.82. The first-order valence-corrected chi connectivity index (χ1v) is 9.51. The quantitative estimate of drug-likeness (QED) is 0.422. The molecule has 1 unspecified atom stereocenters. The van der Waals surface area contributed by atoms with Gasteiger partial charge in [-0.05, 0) is 37.9 Å². The molecule has 1 aromatic carbocycles. The smallest absolute Gasteiger partial charge is 0.00472 e. The molecule has 0 spiro atoms. The van der Waals surface area contributed by atoms with Crippen LogP contribution in [0.3, 0.4) is 0 Å². The molecule has 0 bridgehead atoms. The Kier molecular flexibility index (Phi) is 14.5. The second kappa shape index (κ2) is 15.1. The number of unbranched alkanes of at least 4 members (excludes halogenated alkanes) is 4. The van der Waals surface area contributed by atoms with Crippen molar-refractivity contribution in [3.05, 3.63) is 35.9 Å². The van der Waals surface area contributed by atoms with Crippen LogP contribution in [0.2, 0.25) is 0 Å². The van der Waals surface area contributed by atoms with E-state index in [1.54, 1.807) is 0 Å². The minimum atomic E-state index is 0.701. The van der Waals surface area contributed by atoms with Gasteiger partial charge in [0, 0.05) is 6.54 Å². The summed E-state index contributed by atoms with van der Waals surface area (Å²) in [5.74, 6) is 0.701. The van der Waals surface area contributed by atoms with Crippen molar-refractivity contribution < 1.29 is 0 Å². The third-order valence-corrected chi connectivity index (χ3v) is 4.10. The highest BCUT2D eigenvalue weighted by atomic mass is 15.1. The number of likely N-dealkylation sites (N-methyl/N-ethyl adjacent to an activating group) is 1. The van der Waals surface area contributed by atoms with E-state index in [1.165, 1.54) is 63.6 Å². The van der Waals surface area contributed by atoms with Crippen LogP contribution in [0.15, 0.2) is 30.3 Å². The van der Waals surface area contributed by atoms with E-state index in [2.05, 4.69) is 56.1 Å². The van der Waals surface area contributed by atoms with Crippen molar-refractivity contribution in [2.45, 2.75) is 78.6 Å². The zero-order valence-electron chi connectivity index (χ0n) is 15.8. The zero-order valence-corrected chi connectivity index (χ0v) is 15.8. The Bertz CT molecular complexity index is 320. The van der Waals surface area contributed by atoms with Crippen molar-refractivity contribution in [3.63, 3.8) is 0 Å². The largest absolute Gasteiger partial charge is 0.306 e. The SMILES string of the molecule is CC.CCCCCCN(C)CC(CCCC)c1ccccc1. The molecule has 1 aromatic rings. The Hall–Kier alpha value is -0.820. The fraction of sp³-hybridized carbons (Fsp3) is 0.714. The van der Waals surface area contributed by atoms with Crippen molar-refractivity contribution in [3.8, 4) is 0 Å². The van der Waals surface area contributed by atoms with Gasteiger partial charge in [0.25, 0.3) is 0 Å². The van der Waals surface area contributed by atoms with Crippen LogP contribution >= 0.6 is 0 Å². The van der Waals surface area contributed by atoms with E-state index >= 15 is 0 Å². The van der Waals surface area contributed by atoms with Gasteiger partial charge >= 0.3 is 0 Å². The number of rotatable bonds is 11. The summed E-state index contributed by atoms with van der Waals surface area (Å²) in [5.41, 5.74) is 1.52. The van der Waals surface area contributed by atoms with Gasteiger partial charge in [0.05, 0.1) is 0 Å². The van der Waals surface area contributed by atoms with Crippen molar-refractivity contribution in [1.82, 2.24) is 4.90 Å². The molecule has 22 heavy (non-hydrogen) atoms. The van der Waals surface area contributed by atoms with Crippen molar-refractivity contribution in [2.75, 3.05) is 20.1 Å². The summed E-state index contributed by atoms with van der Waals surface area (Å²) in [6, 6.07) is 11.1. The predicted octanol–water partition coefficient (Wildman–Crippen LogP) is 6.50. The minimum Gasteiger partial charge on any atom is -0.306 e. The monoisotopic (exact) mass is 305 g/mol. The molecule has 0 aromatic heterocycles. The Morgan fingerprint density at radius 2 is 1.50 bits per heavy atom. The van der Waals surface area contributed by atoms with Gasteiger partial charge in [-0.15, -0.1) is 0 Å². The van der Waals surface area contributed by atoms with Crippen LogP contribution in [-0.4, -0.2) is 25.0 Å². The molecule has 0 fully saturated rings. The molecule has 1 heteroatoms. The number of nitrogens with zero attached hydrogens (tertiary/aromatic N) is 1. The van der Waals surface area contributed by atoms with Crippen LogP contribution in [0.25, 0.3) is 0 Å². The average Bonchev–Trinajstić information content (AvgIpc) is 2.58. The van der Waals surface area contributed by atoms with E-state index in [-0.39, 0.29) is 0 Å². The van der Waals surface area contributed by atoms with E-state index in [1.807, 2.05) is 13.8 Å². The van der Waals surface area contributed by atoms with Crippen LogP contribution in [0, 0.1) is 0 Å². The van der Waals surface area contributed by atoms with Crippen LogP contribution in [0.1, 0.15) is 84.1 Å². The van der Waals surface area contributed by atoms with Crippen molar-refractivity contribution in [1.29, 1.82) is 0 Å². The summed E-state index contributed by atoms with van der Waals surface area (Å²) in [6.45, 7) is 11.0. The normalized spacial score (nSPS) is 11.9. The molecule has 0 aliphatic heterocycles. The lowest BCUT2D eigenvalue weighted by atomic mass is 9.93. The molecule has 0 N–H and O–H groups in total. The second-order valence-corrected chi connectivity index (χ2v) is 6.07. The van der Waals surface area contributed by atoms with E-state index in [0.29, 0.717) is 5.92 Å². The molecular formula is C21H39N. The van der Waals surface area contributed by atoms with Gasteiger partial charge in [0.2, 0.25) is 0 Å². The molecule has 1 rings (SSSR count). The molecule has 128 valence electrons. The Balaban J connectivity index is 0.00000211. The maximum atomic E-state index is 2.53. The molecule has 0 radical (unpaired) electrons. The molecule has 1 atom stereocenters. The Labute approximate surface area is 140 Å². The molecule has 0 aliphatic rings. The summed E-state index contributed by atoms with van der Waals surface area (Å²) in [7, 11) is 2.29. The van der Waals surface area contributed by atoms with Crippen LogP contribution in [0.5, 0.6) is 0 Å². The van der Waals surface area contributed by atoms with Gasteiger partial charge in [0.15, 0.2) is 0 Å². The van der Waals surface area contributed by atoms with Crippen LogP contribution in [0.4, 0.5) is 0 Å². The summed E-state index contributed by atoms with van der Waals surface area (Å²) >= 11 is 0. The van der Waals surface area contributed by atoms with Crippen LogP contribution < -0.4 is 0 Å². The standard InChI is InChI=1S/C19H33N.C2H6/c1-4-6-8-12-16-20(3)17-19(13-7-5-2)18-14-10-9-11-15-18;1-2/h9-11,14-15,19H,4-8,12-13,16-17H2,1-3H3;1-2H3. The highest BCUT2D eigenvalue weighted by Gasteiger charge is 2.13. The van der Waals surface area contributed by atoms with Gasteiger partial charge in [0.1, 0.15) is 0 Å². The van der Waals surface area contributed by atoms with E-state index < -0.39 is 0 Å². The lowest BCUT2D eigenvalue weighted by Gasteiger charge is -2.24. The topological polar surface area (TPSA) is 3.24 Å². The molecule has 0 aliphatic carbocycles. The molecule has 0 saturated carbocycles. The summed E-state index contributed by atoms with van der Waals surface area (Å²) < 4.78 is 0. The van der Waals surface area contributed by atoms with Gasteiger partial charge in [-0.1, -0.05) is 90.1 Å². The Morgan fingerprint density at radius 3 is 2.09 bits per heavy atom. The maximum absolute atomic E-state index is 2.53. The fourth-order valence-electron chi connectivity index (χ4n) is 2.82. The molecule has 0 heterocycles. The highest BCUT2D eigenvalue weighted by Crippen LogP contribution is 2.23. The molecular weight excluding hydrogens is 266 g/mol. The lowest BCUT2D eigenvalue weighted by molar-refractivity contribution is 0.295. The number of benzene rings is 1. The molecule has 0 amide bonds. The van der Waals surface area contributed by atoms with Gasteiger partial charge in [-0.25, -0.2) is 0 Å². The van der Waals surface area contributed by atoms with Gasteiger partial charge < -0.3 is 4.90 Å². The Morgan fingerprint density at radius 1 is 0.864 bits per heavy atom. The average molecular weight is 306 g/mol. The predicted molar refractivity (Wildman–Crippen MR) is 102 cm³/mol. The van der Waals surface area contributed by atoms with Crippen molar-refractivity contribution in [2.24, 2.45) is 0 Å². The molecule has 1 nitrogen and oxygen atoms in total. The summed E-state index contributed by atoms with van der Waals surface area (Å²) in [6.07, 6.45) is 9.39. The van der Waals surface area contributed by atoms with Gasteiger partial charge in [-0.3, -0.25) is 0 Å². The second-order valence-electron chi connectivity index (χ2n) is 6.07.